The number of ether oxygens (including phenoxy) is 2. The molecule has 0 saturated heterocycles. The van der Waals surface area contributed by atoms with E-state index in [1.165, 1.54) is 36.4 Å². The maximum Gasteiger partial charge on any atom is 0.387 e. The molecule has 2 aromatic rings. The van der Waals surface area contributed by atoms with Crippen LogP contribution in [0, 0.1) is 10.1 Å². The maximum atomic E-state index is 12.2. The first-order chi connectivity index (χ1) is 15.2. The van der Waals surface area contributed by atoms with Gasteiger partial charge < -0.3 is 20.1 Å². The van der Waals surface area contributed by atoms with Crippen molar-refractivity contribution in [3.05, 3.63) is 63.2 Å². The zero-order chi connectivity index (χ0) is 23.7. The van der Waals surface area contributed by atoms with Gasteiger partial charge in [-0.05, 0) is 30.3 Å². The molecule has 0 fully saturated rings. The van der Waals surface area contributed by atoms with Crippen LogP contribution in [0.25, 0.3) is 0 Å². The first kappa shape index (κ1) is 24.5. The van der Waals surface area contributed by atoms with E-state index in [2.05, 4.69) is 15.4 Å². The summed E-state index contributed by atoms with van der Waals surface area (Å²) in [6.07, 6.45) is -0.225. The number of carbonyl (C=O) groups is 3. The van der Waals surface area contributed by atoms with Crippen molar-refractivity contribution in [1.82, 2.24) is 5.32 Å². The monoisotopic (exact) mass is 471 g/mol. The molecule has 2 amide bonds. The summed E-state index contributed by atoms with van der Waals surface area (Å²) in [6, 6.07) is 8.50. The van der Waals surface area contributed by atoms with E-state index in [4.69, 9.17) is 16.3 Å². The number of nitro benzene ring substituents is 1. The van der Waals surface area contributed by atoms with Gasteiger partial charge in [0.15, 0.2) is 6.61 Å². The number of non-ortho nitro benzene ring substituents is 1. The second-order valence-corrected chi connectivity index (χ2v) is 6.45. The number of alkyl halides is 2. The molecule has 0 heterocycles. The second-order valence-electron chi connectivity index (χ2n) is 6.04. The summed E-state index contributed by atoms with van der Waals surface area (Å²) in [6.45, 7) is -3.76. The average molecular weight is 472 g/mol. The van der Waals surface area contributed by atoms with E-state index in [1.54, 1.807) is 0 Å². The number of rotatable bonds is 10. The number of nitrogens with one attached hydrogen (secondary N) is 2. The van der Waals surface area contributed by atoms with E-state index in [-0.39, 0.29) is 40.7 Å². The van der Waals surface area contributed by atoms with Gasteiger partial charge >= 0.3 is 12.6 Å². The van der Waals surface area contributed by atoms with Gasteiger partial charge in [-0.2, -0.15) is 8.78 Å². The van der Waals surface area contributed by atoms with Crippen LogP contribution in [-0.4, -0.2) is 42.5 Å². The van der Waals surface area contributed by atoms with E-state index in [1.807, 2.05) is 0 Å². The Hall–Kier alpha value is -3.80. The summed E-state index contributed by atoms with van der Waals surface area (Å²) in [5, 5.41) is 15.3. The van der Waals surface area contributed by atoms with Gasteiger partial charge in [0.25, 0.3) is 17.5 Å². The van der Waals surface area contributed by atoms with Crippen molar-refractivity contribution in [2.24, 2.45) is 0 Å². The number of halogens is 3. The summed E-state index contributed by atoms with van der Waals surface area (Å²) in [7, 11) is 0. The first-order valence-corrected chi connectivity index (χ1v) is 9.26. The molecule has 0 bridgehead atoms. The predicted octanol–water partition coefficient (Wildman–Crippen LogP) is 3.15. The molecule has 0 saturated carbocycles. The Bertz CT molecular complexity index is 1000. The van der Waals surface area contributed by atoms with Crippen LogP contribution in [0.1, 0.15) is 16.8 Å². The molecule has 0 aromatic heterocycles. The summed E-state index contributed by atoms with van der Waals surface area (Å²) in [5.41, 5.74) is 0.183. The highest BCUT2D eigenvalue weighted by molar-refractivity contribution is 6.32. The molecule has 0 aliphatic rings. The molecule has 0 radical (unpaired) electrons. The van der Waals surface area contributed by atoms with Gasteiger partial charge in [-0.3, -0.25) is 24.5 Å². The van der Waals surface area contributed by atoms with Crippen molar-refractivity contribution in [3.8, 4) is 5.75 Å². The molecule has 32 heavy (non-hydrogen) atoms. The van der Waals surface area contributed by atoms with Gasteiger partial charge in [-0.25, -0.2) is 0 Å². The van der Waals surface area contributed by atoms with Gasteiger partial charge in [0.05, 0.1) is 16.4 Å². The number of nitrogens with zero attached hydrogens (tertiary/aromatic N) is 1. The van der Waals surface area contributed by atoms with Crippen LogP contribution in [0.4, 0.5) is 20.2 Å². The van der Waals surface area contributed by atoms with Gasteiger partial charge in [0, 0.05) is 29.9 Å². The van der Waals surface area contributed by atoms with Crippen molar-refractivity contribution >= 4 is 40.8 Å². The standard InChI is InChI=1S/C19H16ClF2N3O7/c20-14-9-12(3-6-15(14)32-19(21)22)24-16(26)10-31-17(27)7-8-23-18(28)11-1-4-13(5-2-11)25(29)30/h1-6,9,19H,7-8,10H2,(H,23,28)(H,24,26). The highest BCUT2D eigenvalue weighted by Crippen LogP contribution is 2.28. The SMILES string of the molecule is O=C(COC(=O)CCNC(=O)c1ccc([N+](=O)[O-])cc1)Nc1ccc(OC(F)F)c(Cl)c1. The Labute approximate surface area is 184 Å². The Morgan fingerprint density at radius 1 is 1.12 bits per heavy atom. The smallest absolute Gasteiger partial charge is 0.387 e. The summed E-state index contributed by atoms with van der Waals surface area (Å²) in [4.78, 5) is 45.5. The minimum atomic E-state index is -3.05. The lowest BCUT2D eigenvalue weighted by Gasteiger charge is -2.10. The van der Waals surface area contributed by atoms with E-state index < -0.39 is 35.9 Å². The summed E-state index contributed by atoms with van der Waals surface area (Å²) >= 11 is 5.77. The van der Waals surface area contributed by atoms with Crippen LogP contribution < -0.4 is 15.4 Å². The van der Waals surface area contributed by atoms with Crippen LogP contribution in [-0.2, 0) is 14.3 Å². The lowest BCUT2D eigenvalue weighted by atomic mass is 10.2. The summed E-state index contributed by atoms with van der Waals surface area (Å²) < 4.78 is 33.4. The Morgan fingerprint density at radius 2 is 1.81 bits per heavy atom. The van der Waals surface area contributed by atoms with Crippen molar-refractivity contribution in [3.63, 3.8) is 0 Å². The van der Waals surface area contributed by atoms with E-state index >= 15 is 0 Å². The van der Waals surface area contributed by atoms with Crippen molar-refractivity contribution in [2.45, 2.75) is 13.0 Å². The first-order valence-electron chi connectivity index (χ1n) is 8.88. The topological polar surface area (TPSA) is 137 Å². The molecule has 10 nitrogen and oxygen atoms in total. The third-order valence-corrected chi connectivity index (χ3v) is 4.05. The maximum absolute atomic E-state index is 12.2. The molecule has 0 unspecified atom stereocenters. The minimum absolute atomic E-state index is 0.0858. The Balaban J connectivity index is 1.71. The zero-order valence-electron chi connectivity index (χ0n) is 16.2. The quantitative estimate of drug-likeness (QED) is 0.308. The molecular formula is C19H16ClF2N3O7. The largest absolute Gasteiger partial charge is 0.456 e. The highest BCUT2D eigenvalue weighted by Gasteiger charge is 2.13. The normalized spacial score (nSPS) is 10.4. The number of nitro groups is 1. The molecular weight excluding hydrogens is 456 g/mol. The second kappa shape index (κ2) is 11.6. The van der Waals surface area contributed by atoms with E-state index in [0.717, 1.165) is 6.07 Å². The lowest BCUT2D eigenvalue weighted by molar-refractivity contribution is -0.384. The fourth-order valence-electron chi connectivity index (χ4n) is 2.30. The highest BCUT2D eigenvalue weighted by atomic mass is 35.5. The third kappa shape index (κ3) is 7.80. The van der Waals surface area contributed by atoms with E-state index in [0.29, 0.717) is 0 Å². The number of anilines is 1. The van der Waals surface area contributed by atoms with E-state index in [9.17, 15) is 33.3 Å². The average Bonchev–Trinajstić information content (AvgIpc) is 2.74. The number of carbonyl (C=O) groups excluding carboxylic acids is 3. The summed E-state index contributed by atoms with van der Waals surface area (Å²) in [5.74, 6) is -2.27. The fourth-order valence-corrected chi connectivity index (χ4v) is 2.53. The Morgan fingerprint density at radius 3 is 2.41 bits per heavy atom. The third-order valence-electron chi connectivity index (χ3n) is 3.75. The van der Waals surface area contributed by atoms with Crippen molar-refractivity contribution in [2.75, 3.05) is 18.5 Å². The fraction of sp³-hybridized carbons (Fsp3) is 0.211. The molecule has 0 atom stereocenters. The molecule has 0 spiro atoms. The van der Waals surface area contributed by atoms with Crippen molar-refractivity contribution < 1.29 is 37.6 Å². The van der Waals surface area contributed by atoms with Gasteiger partial charge in [-0.1, -0.05) is 11.6 Å². The lowest BCUT2D eigenvalue weighted by Crippen LogP contribution is -2.27. The molecule has 2 aromatic carbocycles. The number of amides is 2. The van der Waals surface area contributed by atoms with Gasteiger partial charge in [0.1, 0.15) is 5.75 Å². The Kier molecular flexibility index (Phi) is 8.83. The van der Waals surface area contributed by atoms with Crippen LogP contribution >= 0.6 is 11.6 Å². The molecule has 2 N–H and O–H groups in total. The number of esters is 1. The van der Waals surface area contributed by atoms with Crippen LogP contribution in [0.15, 0.2) is 42.5 Å². The predicted molar refractivity (Wildman–Crippen MR) is 108 cm³/mol. The van der Waals surface area contributed by atoms with Gasteiger partial charge in [-0.15, -0.1) is 0 Å². The molecule has 13 heteroatoms. The number of hydrogen-bond donors (Lipinski definition) is 2. The van der Waals surface area contributed by atoms with Crippen LogP contribution in [0.3, 0.4) is 0 Å². The minimum Gasteiger partial charge on any atom is -0.456 e. The molecule has 170 valence electrons. The number of hydrogen-bond acceptors (Lipinski definition) is 7. The molecule has 0 aliphatic heterocycles. The van der Waals surface area contributed by atoms with Crippen molar-refractivity contribution in [1.29, 1.82) is 0 Å². The zero-order valence-corrected chi connectivity index (χ0v) is 16.9. The molecule has 2 rings (SSSR count). The van der Waals surface area contributed by atoms with Crippen LogP contribution in [0.2, 0.25) is 5.02 Å². The molecule has 0 aliphatic carbocycles. The van der Waals surface area contributed by atoms with Gasteiger partial charge in [0.2, 0.25) is 0 Å². The van der Waals surface area contributed by atoms with Crippen LogP contribution in [0.5, 0.6) is 5.75 Å². The number of benzene rings is 2.